The Labute approximate surface area is 121 Å². The fourth-order valence-electron chi connectivity index (χ4n) is 2.19. The number of aryl methyl sites for hydroxylation is 2. The minimum atomic E-state index is 0.322. The molecule has 0 aliphatic heterocycles. The van der Waals surface area contributed by atoms with Gasteiger partial charge in [0.15, 0.2) is 0 Å². The van der Waals surface area contributed by atoms with Crippen molar-refractivity contribution in [3.63, 3.8) is 0 Å². The SMILES string of the molecule is CCNC(Cc1sccc1Br)c1cc(C)oc1C. The van der Waals surface area contributed by atoms with Crippen LogP contribution in [0.15, 0.2) is 26.4 Å². The average Bonchev–Trinajstić information content (AvgIpc) is 2.85. The van der Waals surface area contributed by atoms with Gasteiger partial charge in [0.05, 0.1) is 0 Å². The van der Waals surface area contributed by atoms with Crippen LogP contribution >= 0.6 is 27.3 Å². The van der Waals surface area contributed by atoms with E-state index in [4.69, 9.17) is 4.42 Å². The van der Waals surface area contributed by atoms with Crippen molar-refractivity contribution >= 4 is 27.3 Å². The van der Waals surface area contributed by atoms with Crippen LogP contribution in [-0.2, 0) is 6.42 Å². The van der Waals surface area contributed by atoms with E-state index in [1.807, 2.05) is 13.8 Å². The van der Waals surface area contributed by atoms with Crippen molar-refractivity contribution in [1.29, 1.82) is 0 Å². The van der Waals surface area contributed by atoms with Gasteiger partial charge in [-0.1, -0.05) is 6.92 Å². The van der Waals surface area contributed by atoms with Crippen molar-refractivity contribution in [2.75, 3.05) is 6.54 Å². The highest BCUT2D eigenvalue weighted by molar-refractivity contribution is 9.10. The number of hydrogen-bond acceptors (Lipinski definition) is 3. The fourth-order valence-corrected chi connectivity index (χ4v) is 3.75. The summed E-state index contributed by atoms with van der Waals surface area (Å²) < 4.78 is 6.85. The molecule has 0 bridgehead atoms. The molecular formula is C14H18BrNOS. The van der Waals surface area contributed by atoms with E-state index in [-0.39, 0.29) is 0 Å². The van der Waals surface area contributed by atoms with E-state index in [0.29, 0.717) is 6.04 Å². The lowest BCUT2D eigenvalue weighted by atomic mass is 10.0. The number of thiophene rings is 1. The second-order valence-corrected chi connectivity index (χ2v) is 6.23. The largest absolute Gasteiger partial charge is 0.466 e. The molecular weight excluding hydrogens is 310 g/mol. The molecule has 2 aromatic rings. The van der Waals surface area contributed by atoms with Crippen LogP contribution in [0.3, 0.4) is 0 Å². The van der Waals surface area contributed by atoms with Gasteiger partial charge in [-0.2, -0.15) is 0 Å². The Kier molecular flexibility index (Phi) is 4.65. The maximum atomic E-state index is 5.64. The molecule has 1 N–H and O–H groups in total. The molecule has 0 aromatic carbocycles. The first-order chi connectivity index (χ1) is 8.61. The maximum Gasteiger partial charge on any atom is 0.105 e. The third-order valence-corrected chi connectivity index (χ3v) is 4.93. The van der Waals surface area contributed by atoms with Crippen molar-refractivity contribution in [2.24, 2.45) is 0 Å². The first-order valence-electron chi connectivity index (χ1n) is 6.14. The zero-order chi connectivity index (χ0) is 13.1. The van der Waals surface area contributed by atoms with Gasteiger partial charge >= 0.3 is 0 Å². The molecule has 2 aromatic heterocycles. The summed E-state index contributed by atoms with van der Waals surface area (Å²) in [6, 6.07) is 4.57. The monoisotopic (exact) mass is 327 g/mol. The second kappa shape index (κ2) is 6.04. The molecule has 98 valence electrons. The van der Waals surface area contributed by atoms with E-state index in [0.717, 1.165) is 24.5 Å². The Hall–Kier alpha value is -0.580. The molecule has 0 amide bonds. The zero-order valence-electron chi connectivity index (χ0n) is 10.9. The summed E-state index contributed by atoms with van der Waals surface area (Å²) in [5.41, 5.74) is 1.27. The molecule has 0 radical (unpaired) electrons. The van der Waals surface area contributed by atoms with Gasteiger partial charge in [-0.25, -0.2) is 0 Å². The van der Waals surface area contributed by atoms with Gasteiger partial charge in [0.25, 0.3) is 0 Å². The molecule has 4 heteroatoms. The van der Waals surface area contributed by atoms with Crippen LogP contribution in [-0.4, -0.2) is 6.54 Å². The van der Waals surface area contributed by atoms with E-state index in [9.17, 15) is 0 Å². The van der Waals surface area contributed by atoms with Gasteiger partial charge in [-0.05, 0) is 53.8 Å². The Morgan fingerprint density at radius 1 is 1.44 bits per heavy atom. The van der Waals surface area contributed by atoms with Crippen LogP contribution in [0.4, 0.5) is 0 Å². The minimum absolute atomic E-state index is 0.322. The van der Waals surface area contributed by atoms with Crippen molar-refractivity contribution in [3.05, 3.63) is 43.9 Å². The van der Waals surface area contributed by atoms with E-state index in [1.54, 1.807) is 11.3 Å². The van der Waals surface area contributed by atoms with E-state index in [2.05, 4.69) is 45.7 Å². The van der Waals surface area contributed by atoms with Gasteiger partial charge in [0.1, 0.15) is 11.5 Å². The summed E-state index contributed by atoms with van der Waals surface area (Å²) in [5, 5.41) is 5.67. The van der Waals surface area contributed by atoms with Crippen molar-refractivity contribution < 1.29 is 4.42 Å². The molecule has 0 aliphatic carbocycles. The highest BCUT2D eigenvalue weighted by atomic mass is 79.9. The topological polar surface area (TPSA) is 25.2 Å². The van der Waals surface area contributed by atoms with Gasteiger partial charge in [-0.3, -0.25) is 0 Å². The molecule has 0 aliphatic rings. The predicted octanol–water partition coefficient (Wildman–Crippen LogP) is 4.61. The fraction of sp³-hybridized carbons (Fsp3) is 0.429. The molecule has 1 unspecified atom stereocenters. The number of rotatable bonds is 5. The lowest BCUT2D eigenvalue weighted by molar-refractivity contribution is 0.485. The second-order valence-electron chi connectivity index (χ2n) is 4.37. The molecule has 0 spiro atoms. The molecule has 18 heavy (non-hydrogen) atoms. The normalized spacial score (nSPS) is 12.9. The van der Waals surface area contributed by atoms with Crippen molar-refractivity contribution in [2.45, 2.75) is 33.2 Å². The molecule has 1 atom stereocenters. The smallest absolute Gasteiger partial charge is 0.105 e. The van der Waals surface area contributed by atoms with Gasteiger partial charge in [0.2, 0.25) is 0 Å². The van der Waals surface area contributed by atoms with Crippen LogP contribution in [0, 0.1) is 13.8 Å². The Morgan fingerprint density at radius 3 is 2.72 bits per heavy atom. The van der Waals surface area contributed by atoms with Gasteiger partial charge < -0.3 is 9.73 Å². The summed E-state index contributed by atoms with van der Waals surface area (Å²) in [6.45, 7) is 7.13. The highest BCUT2D eigenvalue weighted by Crippen LogP contribution is 2.30. The van der Waals surface area contributed by atoms with Crippen molar-refractivity contribution in [1.82, 2.24) is 5.32 Å². The van der Waals surface area contributed by atoms with E-state index in [1.165, 1.54) is 14.9 Å². The Balaban J connectivity index is 2.23. The molecule has 2 rings (SSSR count). The molecule has 0 saturated heterocycles. The molecule has 0 fully saturated rings. The molecule has 0 saturated carbocycles. The van der Waals surface area contributed by atoms with Crippen LogP contribution in [0.1, 0.15) is 34.9 Å². The lowest BCUT2D eigenvalue weighted by Crippen LogP contribution is -2.23. The third-order valence-electron chi connectivity index (χ3n) is 2.99. The minimum Gasteiger partial charge on any atom is -0.466 e. The number of halogens is 1. The first-order valence-corrected chi connectivity index (χ1v) is 7.81. The van der Waals surface area contributed by atoms with Gasteiger partial charge in [-0.15, -0.1) is 11.3 Å². The lowest BCUT2D eigenvalue weighted by Gasteiger charge is -2.16. The average molecular weight is 328 g/mol. The van der Waals surface area contributed by atoms with Gasteiger partial charge in [0, 0.05) is 27.4 Å². The summed E-state index contributed by atoms with van der Waals surface area (Å²) in [7, 11) is 0. The zero-order valence-corrected chi connectivity index (χ0v) is 13.3. The number of hydrogen-bond donors (Lipinski definition) is 1. The maximum absolute atomic E-state index is 5.64. The molecule has 2 heterocycles. The van der Waals surface area contributed by atoms with E-state index >= 15 is 0 Å². The standard InChI is InChI=1S/C14H18BrNOS/c1-4-16-13(8-14-12(15)5-6-18-14)11-7-9(2)17-10(11)3/h5-7,13,16H,4,8H2,1-3H3. The summed E-state index contributed by atoms with van der Waals surface area (Å²) in [4.78, 5) is 1.37. The number of likely N-dealkylation sites (N-methyl/N-ethyl adjacent to an activating group) is 1. The third kappa shape index (κ3) is 3.05. The van der Waals surface area contributed by atoms with Crippen LogP contribution < -0.4 is 5.32 Å². The number of furan rings is 1. The molecule has 2 nitrogen and oxygen atoms in total. The van der Waals surface area contributed by atoms with E-state index < -0.39 is 0 Å². The summed E-state index contributed by atoms with van der Waals surface area (Å²) in [6.07, 6.45) is 0.992. The van der Waals surface area contributed by atoms with Crippen molar-refractivity contribution in [3.8, 4) is 0 Å². The van der Waals surface area contributed by atoms with Crippen LogP contribution in [0.2, 0.25) is 0 Å². The van der Waals surface area contributed by atoms with Crippen LogP contribution in [0.5, 0.6) is 0 Å². The highest BCUT2D eigenvalue weighted by Gasteiger charge is 2.18. The summed E-state index contributed by atoms with van der Waals surface area (Å²) in [5.74, 6) is 2.00. The Bertz CT molecular complexity index is 518. The summed E-state index contributed by atoms with van der Waals surface area (Å²) >= 11 is 5.39. The first kappa shape index (κ1) is 13.8. The number of nitrogens with one attached hydrogen (secondary N) is 1. The van der Waals surface area contributed by atoms with Crippen LogP contribution in [0.25, 0.3) is 0 Å². The Morgan fingerprint density at radius 2 is 2.22 bits per heavy atom. The quantitative estimate of drug-likeness (QED) is 0.867. The predicted molar refractivity (Wildman–Crippen MR) is 80.3 cm³/mol.